The zero-order valence-electron chi connectivity index (χ0n) is 16.3. The average Bonchev–Trinajstić information content (AvgIpc) is 3.29. The van der Waals surface area contributed by atoms with E-state index in [0.717, 1.165) is 16.7 Å². The van der Waals surface area contributed by atoms with E-state index in [9.17, 15) is 26.8 Å². The molecule has 0 aliphatic carbocycles. The molecule has 1 fully saturated rings. The first-order valence-electron chi connectivity index (χ1n) is 9.07. The molecule has 1 aliphatic rings. The molecule has 1 aromatic heterocycles. The van der Waals surface area contributed by atoms with Gasteiger partial charge < -0.3 is 10.2 Å². The van der Waals surface area contributed by atoms with Crippen LogP contribution in [0.4, 0.5) is 8.78 Å². The molecular weight excluding hydrogens is 450 g/mol. The van der Waals surface area contributed by atoms with Crippen molar-refractivity contribution in [3.8, 4) is 6.07 Å². The molecule has 0 radical (unpaired) electrons. The summed E-state index contributed by atoms with van der Waals surface area (Å²) in [6, 6.07) is 6.76. The molecular formula is C19H18F2N4O4S2. The van der Waals surface area contributed by atoms with Crippen LogP contribution in [-0.2, 0) is 21.1 Å². The van der Waals surface area contributed by atoms with Gasteiger partial charge in [-0.2, -0.15) is 5.26 Å². The maximum atomic E-state index is 13.4. The molecule has 0 saturated carbocycles. The number of benzene rings is 1. The van der Waals surface area contributed by atoms with Crippen LogP contribution in [0.15, 0.2) is 34.5 Å². The Bertz CT molecular complexity index is 1140. The molecule has 2 aromatic rings. The second-order valence-corrected chi connectivity index (χ2v) is 10.1. The summed E-state index contributed by atoms with van der Waals surface area (Å²) in [5, 5.41) is 13.4. The lowest BCUT2D eigenvalue weighted by Crippen LogP contribution is -2.43. The van der Waals surface area contributed by atoms with Crippen molar-refractivity contribution in [1.29, 1.82) is 5.26 Å². The number of sulfone groups is 1. The third kappa shape index (κ3) is 5.62. The van der Waals surface area contributed by atoms with Gasteiger partial charge in [-0.25, -0.2) is 22.2 Å². The molecule has 0 bridgehead atoms. The van der Waals surface area contributed by atoms with Crippen molar-refractivity contribution in [3.63, 3.8) is 0 Å². The number of carbonyl (C=O) groups is 2. The van der Waals surface area contributed by atoms with E-state index in [2.05, 4.69) is 10.3 Å². The largest absolute Gasteiger partial charge is 0.342 e. The van der Waals surface area contributed by atoms with Crippen LogP contribution in [0, 0.1) is 11.3 Å². The first-order chi connectivity index (χ1) is 14.5. The van der Waals surface area contributed by atoms with Crippen molar-refractivity contribution >= 4 is 33.0 Å². The van der Waals surface area contributed by atoms with Crippen LogP contribution in [0.25, 0.3) is 0 Å². The summed E-state index contributed by atoms with van der Waals surface area (Å²) in [7, 11) is -3.29. The van der Waals surface area contributed by atoms with E-state index in [1.165, 1.54) is 28.8 Å². The van der Waals surface area contributed by atoms with Crippen molar-refractivity contribution in [2.24, 2.45) is 0 Å². The molecule has 164 valence electrons. The van der Waals surface area contributed by atoms with Gasteiger partial charge in [0.1, 0.15) is 11.7 Å². The van der Waals surface area contributed by atoms with Gasteiger partial charge in [0.25, 0.3) is 11.8 Å². The van der Waals surface area contributed by atoms with Crippen molar-refractivity contribution < 1.29 is 26.8 Å². The van der Waals surface area contributed by atoms with Gasteiger partial charge in [0, 0.05) is 24.5 Å². The van der Waals surface area contributed by atoms with Crippen LogP contribution in [0.2, 0.25) is 0 Å². The number of hydrogen-bond donors (Lipinski definition) is 1. The van der Waals surface area contributed by atoms with E-state index >= 15 is 0 Å². The summed E-state index contributed by atoms with van der Waals surface area (Å²) < 4.78 is 49.9. The van der Waals surface area contributed by atoms with Crippen molar-refractivity contribution in [3.05, 3.63) is 45.9 Å². The number of rotatable bonds is 6. The van der Waals surface area contributed by atoms with E-state index in [0.29, 0.717) is 11.4 Å². The lowest BCUT2D eigenvalue weighted by Gasteiger charge is -2.19. The smallest absolute Gasteiger partial charge is 0.271 e. The Morgan fingerprint density at radius 1 is 1.35 bits per heavy atom. The Balaban J connectivity index is 1.57. The Labute approximate surface area is 181 Å². The van der Waals surface area contributed by atoms with Crippen LogP contribution in [0.3, 0.4) is 0 Å². The molecule has 3 rings (SSSR count). The molecule has 2 heterocycles. The van der Waals surface area contributed by atoms with Crippen molar-refractivity contribution in [2.45, 2.75) is 29.7 Å². The normalized spacial score (nSPS) is 17.9. The summed E-state index contributed by atoms with van der Waals surface area (Å²) >= 11 is 1.22. The monoisotopic (exact) mass is 468 g/mol. The number of thiazole rings is 1. The van der Waals surface area contributed by atoms with Gasteiger partial charge in [-0.15, -0.1) is 11.3 Å². The summed E-state index contributed by atoms with van der Waals surface area (Å²) in [5.41, 5.74) is 0.880. The highest BCUT2D eigenvalue weighted by atomic mass is 32.2. The maximum absolute atomic E-state index is 13.4. The number of hydrogen-bond acceptors (Lipinski definition) is 7. The highest BCUT2D eigenvalue weighted by molar-refractivity contribution is 7.90. The molecule has 12 heteroatoms. The van der Waals surface area contributed by atoms with E-state index in [1.807, 2.05) is 0 Å². The van der Waals surface area contributed by atoms with Gasteiger partial charge in [-0.05, 0) is 17.7 Å². The van der Waals surface area contributed by atoms with Crippen molar-refractivity contribution in [2.75, 3.05) is 19.3 Å². The van der Waals surface area contributed by atoms with E-state index in [4.69, 9.17) is 5.26 Å². The van der Waals surface area contributed by atoms with Gasteiger partial charge in [-0.1, -0.05) is 12.1 Å². The highest BCUT2D eigenvalue weighted by Crippen LogP contribution is 2.31. The quantitative estimate of drug-likeness (QED) is 0.688. The number of likely N-dealkylation sites (tertiary alicyclic amines) is 1. The second kappa shape index (κ2) is 8.68. The van der Waals surface area contributed by atoms with Crippen LogP contribution < -0.4 is 5.32 Å². The molecule has 0 unspecified atom stereocenters. The maximum Gasteiger partial charge on any atom is 0.271 e. The number of nitrogens with zero attached hydrogens (tertiary/aromatic N) is 3. The first kappa shape index (κ1) is 22.8. The van der Waals surface area contributed by atoms with Crippen LogP contribution in [0.5, 0.6) is 0 Å². The Hall–Kier alpha value is -2.91. The Kier molecular flexibility index (Phi) is 6.38. The number of aromatic nitrogens is 1. The van der Waals surface area contributed by atoms with E-state index in [-0.39, 0.29) is 10.6 Å². The number of nitrogens with one attached hydrogen (secondary N) is 1. The summed E-state index contributed by atoms with van der Waals surface area (Å²) in [6.45, 7) is -1.37. The lowest BCUT2D eigenvalue weighted by atomic mass is 10.2. The zero-order chi connectivity index (χ0) is 22.8. The van der Waals surface area contributed by atoms with E-state index < -0.39 is 53.1 Å². The molecule has 1 aromatic carbocycles. The van der Waals surface area contributed by atoms with Crippen LogP contribution in [-0.4, -0.2) is 61.4 Å². The minimum Gasteiger partial charge on any atom is -0.342 e. The van der Waals surface area contributed by atoms with Crippen LogP contribution in [0.1, 0.15) is 27.5 Å². The minimum atomic E-state index is -3.29. The predicted molar refractivity (Wildman–Crippen MR) is 107 cm³/mol. The Morgan fingerprint density at radius 3 is 2.65 bits per heavy atom. The molecule has 1 atom stereocenters. The predicted octanol–water partition coefficient (Wildman–Crippen LogP) is 1.63. The third-order valence-corrected chi connectivity index (χ3v) is 6.61. The number of amides is 2. The van der Waals surface area contributed by atoms with Gasteiger partial charge >= 0.3 is 0 Å². The van der Waals surface area contributed by atoms with Gasteiger partial charge in [0.05, 0.1) is 29.1 Å². The summed E-state index contributed by atoms with van der Waals surface area (Å²) in [6.07, 6.45) is 0.783. The van der Waals surface area contributed by atoms with E-state index in [1.54, 1.807) is 18.2 Å². The number of alkyl halides is 2. The Morgan fingerprint density at radius 2 is 2.03 bits per heavy atom. The SMILES string of the molecule is CS(=O)(=O)c1ccc(Cc2nc(C(=O)NCC(=O)N3CC(F)(F)C[C@H]3C#N)cs2)cc1. The average molecular weight is 469 g/mol. The summed E-state index contributed by atoms with van der Waals surface area (Å²) in [4.78, 5) is 29.6. The zero-order valence-corrected chi connectivity index (χ0v) is 18.0. The lowest BCUT2D eigenvalue weighted by molar-refractivity contribution is -0.131. The van der Waals surface area contributed by atoms with Gasteiger partial charge in [0.15, 0.2) is 9.84 Å². The van der Waals surface area contributed by atoms with Crippen molar-refractivity contribution in [1.82, 2.24) is 15.2 Å². The molecule has 1 saturated heterocycles. The second-order valence-electron chi connectivity index (χ2n) is 7.13. The first-order valence-corrected chi connectivity index (χ1v) is 11.8. The van der Waals surface area contributed by atoms with Gasteiger partial charge in [0.2, 0.25) is 5.91 Å². The fraction of sp³-hybridized carbons (Fsp3) is 0.368. The minimum absolute atomic E-state index is 0.0733. The van der Waals surface area contributed by atoms with Gasteiger partial charge in [-0.3, -0.25) is 9.59 Å². The topological polar surface area (TPSA) is 120 Å². The molecule has 1 N–H and O–H groups in total. The number of halogens is 2. The fourth-order valence-corrected chi connectivity index (χ4v) is 4.51. The van der Waals surface area contributed by atoms with Crippen LogP contribution >= 0.6 is 11.3 Å². The highest BCUT2D eigenvalue weighted by Gasteiger charge is 2.47. The molecule has 8 nitrogen and oxygen atoms in total. The summed E-state index contributed by atoms with van der Waals surface area (Å²) in [5.74, 6) is -4.52. The number of carbonyl (C=O) groups excluding carboxylic acids is 2. The third-order valence-electron chi connectivity index (χ3n) is 4.63. The fourth-order valence-electron chi connectivity index (χ4n) is 3.07. The molecule has 1 aliphatic heterocycles. The number of nitriles is 1. The standard InChI is InChI=1S/C19H18F2N4O4S2/c1-31(28,29)14-4-2-12(3-5-14)6-16-24-15(10-30-16)18(27)23-9-17(26)25-11-19(20,21)7-13(25)8-22/h2-5,10,13H,6-7,9,11H2,1H3,(H,23,27)/t13-/m0/s1. The molecule has 31 heavy (non-hydrogen) atoms. The molecule has 0 spiro atoms. The molecule has 2 amide bonds.